The van der Waals surface area contributed by atoms with Crippen LogP contribution >= 0.6 is 0 Å². The van der Waals surface area contributed by atoms with Gasteiger partial charge in [0.05, 0.1) is 0 Å². The molecule has 0 aliphatic rings. The van der Waals surface area contributed by atoms with Crippen LogP contribution in [0.2, 0.25) is 0 Å². The number of hydrogen-bond acceptors (Lipinski definition) is 3. The van der Waals surface area contributed by atoms with E-state index in [4.69, 9.17) is 4.74 Å². The molecule has 0 aliphatic heterocycles. The Kier molecular flexibility index (Phi) is 9.97. The molecule has 0 atom stereocenters. The van der Waals surface area contributed by atoms with Crippen molar-refractivity contribution < 1.29 is 14.3 Å². The fraction of sp³-hybridized carbons (Fsp3) is 0.333. The zero-order valence-corrected chi connectivity index (χ0v) is 24.0. The molecule has 2 N–H and O–H groups in total. The van der Waals surface area contributed by atoms with E-state index in [1.54, 1.807) is 12.0 Å². The van der Waals surface area contributed by atoms with Crippen molar-refractivity contribution in [3.8, 4) is 0 Å². The highest BCUT2D eigenvalue weighted by Crippen LogP contribution is 2.21. The van der Waals surface area contributed by atoms with Gasteiger partial charge < -0.3 is 24.8 Å². The quantitative estimate of drug-likeness (QED) is 0.209. The van der Waals surface area contributed by atoms with Crippen LogP contribution in [0, 0.1) is 20.8 Å². The second-order valence-corrected chi connectivity index (χ2v) is 10.4. The first kappa shape index (κ1) is 28.9. The van der Waals surface area contributed by atoms with E-state index < -0.39 is 0 Å². The molecule has 0 saturated carbocycles. The first-order chi connectivity index (χ1) is 19.4. The number of hydrogen-bond donors (Lipinski definition) is 2. The van der Waals surface area contributed by atoms with Gasteiger partial charge in [-0.25, -0.2) is 4.79 Å². The molecule has 1 aromatic heterocycles. The van der Waals surface area contributed by atoms with Crippen molar-refractivity contribution in [1.29, 1.82) is 0 Å². The summed E-state index contributed by atoms with van der Waals surface area (Å²) in [5.74, 6) is -0.0884. The number of para-hydroxylation sites is 2. The van der Waals surface area contributed by atoms with Gasteiger partial charge in [0.25, 0.3) is 0 Å². The zero-order chi connectivity index (χ0) is 28.5. The number of urea groups is 1. The van der Waals surface area contributed by atoms with E-state index >= 15 is 0 Å². The molecule has 7 nitrogen and oxygen atoms in total. The first-order valence-electron chi connectivity index (χ1n) is 13.8. The highest BCUT2D eigenvalue weighted by Gasteiger charge is 2.23. The number of anilines is 1. The molecule has 3 amide bonds. The summed E-state index contributed by atoms with van der Waals surface area (Å²) in [5.41, 5.74) is 7.24. The fourth-order valence-corrected chi connectivity index (χ4v) is 4.91. The van der Waals surface area contributed by atoms with E-state index in [2.05, 4.69) is 53.6 Å². The van der Waals surface area contributed by atoms with Gasteiger partial charge in [-0.05, 0) is 61.9 Å². The molecule has 0 spiro atoms. The van der Waals surface area contributed by atoms with Gasteiger partial charge in [0.1, 0.15) is 6.54 Å². The summed E-state index contributed by atoms with van der Waals surface area (Å²) >= 11 is 0. The Morgan fingerprint density at radius 3 is 2.33 bits per heavy atom. The third-order valence-electron chi connectivity index (χ3n) is 7.28. The van der Waals surface area contributed by atoms with Crippen LogP contribution < -0.4 is 5.32 Å². The molecule has 0 fully saturated rings. The molecule has 40 heavy (non-hydrogen) atoms. The average Bonchev–Trinajstić information content (AvgIpc) is 3.36. The van der Waals surface area contributed by atoms with E-state index in [1.807, 2.05) is 55.3 Å². The topological polar surface area (TPSA) is 77.7 Å². The third-order valence-corrected chi connectivity index (χ3v) is 7.28. The fourth-order valence-electron chi connectivity index (χ4n) is 4.91. The van der Waals surface area contributed by atoms with Crippen LogP contribution in [0.1, 0.15) is 34.2 Å². The first-order valence-corrected chi connectivity index (χ1v) is 13.8. The van der Waals surface area contributed by atoms with Crippen molar-refractivity contribution in [2.24, 2.45) is 0 Å². The number of carbonyl (C=O) groups is 2. The summed E-state index contributed by atoms with van der Waals surface area (Å²) in [6.45, 7) is 7.92. The molecule has 0 unspecified atom stereocenters. The molecule has 7 heteroatoms. The van der Waals surface area contributed by atoms with E-state index in [9.17, 15) is 9.59 Å². The van der Waals surface area contributed by atoms with Crippen molar-refractivity contribution in [2.45, 2.75) is 40.2 Å². The highest BCUT2D eigenvalue weighted by molar-refractivity contribution is 5.93. The van der Waals surface area contributed by atoms with E-state index in [0.29, 0.717) is 39.1 Å². The minimum absolute atomic E-state index is 0.0137. The molecular formula is C33H40N4O3. The predicted molar refractivity (Wildman–Crippen MR) is 162 cm³/mol. The van der Waals surface area contributed by atoms with Crippen molar-refractivity contribution >= 4 is 28.5 Å². The third kappa shape index (κ3) is 7.51. The summed E-state index contributed by atoms with van der Waals surface area (Å²) in [6, 6.07) is 22.1. The van der Waals surface area contributed by atoms with E-state index in [1.165, 1.54) is 16.5 Å². The molecular weight excluding hydrogens is 500 g/mol. The number of aromatic amines is 1. The highest BCUT2D eigenvalue weighted by atomic mass is 16.5. The summed E-state index contributed by atoms with van der Waals surface area (Å²) in [4.78, 5) is 34.1. The lowest BCUT2D eigenvalue weighted by Gasteiger charge is -2.28. The summed E-state index contributed by atoms with van der Waals surface area (Å²) < 4.78 is 5.23. The molecule has 4 aromatic rings. The van der Waals surface area contributed by atoms with Crippen molar-refractivity contribution in [3.63, 3.8) is 0 Å². The van der Waals surface area contributed by atoms with Crippen LogP contribution in [0.3, 0.4) is 0 Å². The van der Waals surface area contributed by atoms with Crippen molar-refractivity contribution in [3.05, 3.63) is 101 Å². The number of benzene rings is 3. The number of aryl methyl sites for hydroxylation is 3. The SMILES string of the molecule is COCCCN(CC(=O)N(CCc1c[nH]c2ccccc12)Cc1ccc(C)cc1)C(=O)Nc1c(C)cccc1C. The number of amides is 3. The smallest absolute Gasteiger partial charge is 0.322 e. The normalized spacial score (nSPS) is 11.0. The number of nitrogens with one attached hydrogen (secondary N) is 2. The lowest BCUT2D eigenvalue weighted by Crippen LogP contribution is -2.45. The van der Waals surface area contributed by atoms with Crippen LogP contribution in [0.25, 0.3) is 10.9 Å². The maximum absolute atomic E-state index is 13.8. The number of rotatable bonds is 12. The summed E-state index contributed by atoms with van der Waals surface area (Å²) in [5, 5.41) is 4.22. The number of nitrogens with zero attached hydrogens (tertiary/aromatic N) is 2. The number of aromatic nitrogens is 1. The molecule has 0 aliphatic carbocycles. The minimum atomic E-state index is -0.284. The van der Waals surface area contributed by atoms with Crippen molar-refractivity contribution in [1.82, 2.24) is 14.8 Å². The standard InChI is InChI=1S/C33H40N4O3/c1-24-13-15-27(16-14-24)22-36(19-17-28-21-34-30-12-6-5-11-29(28)30)31(38)23-37(18-8-20-40-4)33(39)35-32-25(2)9-7-10-26(32)3/h5-7,9-16,21,34H,8,17-20,22-23H2,1-4H3,(H,35,39). The van der Waals surface area contributed by atoms with Crippen LogP contribution in [0.5, 0.6) is 0 Å². The van der Waals surface area contributed by atoms with Gasteiger partial charge in [0, 0.05) is 56.1 Å². The predicted octanol–water partition coefficient (Wildman–Crippen LogP) is 6.24. The average molecular weight is 541 g/mol. The van der Waals surface area contributed by atoms with E-state index in [-0.39, 0.29) is 18.5 Å². The Labute approximate surface area is 237 Å². The lowest BCUT2D eigenvalue weighted by molar-refractivity contribution is -0.132. The molecule has 3 aromatic carbocycles. The second kappa shape index (κ2) is 13.8. The maximum atomic E-state index is 13.8. The van der Waals surface area contributed by atoms with Crippen LogP contribution in [-0.4, -0.2) is 60.1 Å². The van der Waals surface area contributed by atoms with Gasteiger partial charge in [0.15, 0.2) is 0 Å². The van der Waals surface area contributed by atoms with Crippen LogP contribution in [0.4, 0.5) is 10.5 Å². The van der Waals surface area contributed by atoms with Gasteiger partial charge in [-0.1, -0.05) is 66.2 Å². The van der Waals surface area contributed by atoms with Gasteiger partial charge in [-0.2, -0.15) is 0 Å². The summed E-state index contributed by atoms with van der Waals surface area (Å²) in [7, 11) is 1.64. The molecule has 0 bridgehead atoms. The monoisotopic (exact) mass is 540 g/mol. The molecule has 210 valence electrons. The Bertz CT molecular complexity index is 1410. The van der Waals surface area contributed by atoms with Crippen LogP contribution in [0.15, 0.2) is 72.9 Å². The van der Waals surface area contributed by atoms with Gasteiger partial charge in [-0.15, -0.1) is 0 Å². The minimum Gasteiger partial charge on any atom is -0.385 e. The number of H-pyrrole nitrogens is 1. The number of fused-ring (bicyclic) bond motifs is 1. The summed E-state index contributed by atoms with van der Waals surface area (Å²) in [6.07, 6.45) is 3.37. The maximum Gasteiger partial charge on any atom is 0.322 e. The Hall–Kier alpha value is -4.10. The Balaban J connectivity index is 1.53. The second-order valence-electron chi connectivity index (χ2n) is 10.4. The largest absolute Gasteiger partial charge is 0.385 e. The van der Waals surface area contributed by atoms with E-state index in [0.717, 1.165) is 27.9 Å². The Morgan fingerprint density at radius 1 is 0.875 bits per heavy atom. The molecule has 1 heterocycles. The number of ether oxygens (including phenoxy) is 1. The lowest BCUT2D eigenvalue weighted by atomic mass is 10.1. The van der Waals surface area contributed by atoms with Crippen LogP contribution in [-0.2, 0) is 22.5 Å². The molecule has 4 rings (SSSR count). The zero-order valence-electron chi connectivity index (χ0n) is 24.0. The number of carbonyl (C=O) groups excluding carboxylic acids is 2. The van der Waals surface area contributed by atoms with Crippen molar-refractivity contribution in [2.75, 3.05) is 38.7 Å². The van der Waals surface area contributed by atoms with Gasteiger partial charge >= 0.3 is 6.03 Å². The Morgan fingerprint density at radius 2 is 1.60 bits per heavy atom. The molecule has 0 saturated heterocycles. The van der Waals surface area contributed by atoms with Gasteiger partial charge in [0.2, 0.25) is 5.91 Å². The molecule has 0 radical (unpaired) electrons. The number of methoxy groups -OCH3 is 1. The van der Waals surface area contributed by atoms with Gasteiger partial charge in [-0.3, -0.25) is 4.79 Å².